The maximum absolute atomic E-state index is 11.8. The maximum atomic E-state index is 11.8. The fourth-order valence-electron chi connectivity index (χ4n) is 1.85. The molecular weight excluding hydrogens is 266 g/mol. The summed E-state index contributed by atoms with van der Waals surface area (Å²) in [5.74, 6) is -0.633. The molecule has 0 atom stereocenters. The highest BCUT2D eigenvalue weighted by atomic mass is 16.2. The molecule has 0 saturated heterocycles. The van der Waals surface area contributed by atoms with Gasteiger partial charge in [-0.3, -0.25) is 9.59 Å². The first-order chi connectivity index (χ1) is 9.93. The number of amides is 2. The van der Waals surface area contributed by atoms with Gasteiger partial charge in [0.2, 0.25) is 5.91 Å². The van der Waals surface area contributed by atoms with Gasteiger partial charge in [-0.25, -0.2) is 0 Å². The zero-order valence-electron chi connectivity index (χ0n) is 12.3. The average molecular weight is 285 g/mol. The minimum absolute atomic E-state index is 0.0919. The number of aryl methyl sites for hydroxylation is 1. The van der Waals surface area contributed by atoms with Crippen molar-refractivity contribution in [2.75, 3.05) is 14.1 Å². The lowest BCUT2D eigenvalue weighted by molar-refractivity contribution is -0.124. The van der Waals surface area contributed by atoms with Crippen molar-refractivity contribution in [1.82, 2.24) is 4.90 Å². The Morgan fingerprint density at radius 2 is 2.10 bits per heavy atom. The summed E-state index contributed by atoms with van der Waals surface area (Å²) in [4.78, 5) is 23.9. The molecule has 0 aliphatic carbocycles. The number of likely N-dealkylation sites (N-methyl/N-ethyl adjacent to an activating group) is 1. The van der Waals surface area contributed by atoms with E-state index in [1.165, 1.54) is 4.90 Å². The molecule has 2 amide bonds. The molecule has 0 heterocycles. The minimum atomic E-state index is -0.323. The van der Waals surface area contributed by atoms with Crippen LogP contribution in [0, 0.1) is 11.3 Å². The van der Waals surface area contributed by atoms with Gasteiger partial charge in [0.1, 0.15) is 11.6 Å². The quantitative estimate of drug-likeness (QED) is 0.634. The molecule has 0 unspecified atom stereocenters. The Kier molecular flexibility index (Phi) is 6.15. The maximum Gasteiger partial charge on any atom is 0.264 e. The average Bonchev–Trinajstić information content (AvgIpc) is 2.44. The molecule has 1 rings (SSSR count). The predicted molar refractivity (Wildman–Crippen MR) is 80.9 cm³/mol. The number of carbonyl (C=O) groups is 2. The van der Waals surface area contributed by atoms with Crippen molar-refractivity contribution in [3.8, 4) is 6.07 Å². The molecule has 0 saturated carbocycles. The molecule has 0 spiro atoms. The lowest BCUT2D eigenvalue weighted by Gasteiger charge is -2.08. The first kappa shape index (κ1) is 16.4. The van der Waals surface area contributed by atoms with E-state index < -0.39 is 0 Å². The second-order valence-corrected chi connectivity index (χ2v) is 4.93. The van der Waals surface area contributed by atoms with E-state index in [2.05, 4.69) is 0 Å². The van der Waals surface area contributed by atoms with E-state index in [1.54, 1.807) is 20.2 Å². The molecule has 0 aromatic heterocycles. The van der Waals surface area contributed by atoms with Gasteiger partial charge < -0.3 is 10.6 Å². The number of hydrogen-bond acceptors (Lipinski definition) is 3. The van der Waals surface area contributed by atoms with Crippen molar-refractivity contribution >= 4 is 17.9 Å². The van der Waals surface area contributed by atoms with Crippen molar-refractivity contribution in [2.24, 2.45) is 5.73 Å². The second-order valence-electron chi connectivity index (χ2n) is 4.93. The van der Waals surface area contributed by atoms with E-state index in [0.717, 1.165) is 17.5 Å². The van der Waals surface area contributed by atoms with E-state index in [1.807, 2.05) is 30.3 Å². The largest absolute Gasteiger partial charge is 0.370 e. The van der Waals surface area contributed by atoms with Crippen LogP contribution in [-0.2, 0) is 16.0 Å². The summed E-state index contributed by atoms with van der Waals surface area (Å²) in [5.41, 5.74) is 7.03. The number of hydrogen-bond donors (Lipinski definition) is 1. The van der Waals surface area contributed by atoms with Gasteiger partial charge in [0, 0.05) is 20.5 Å². The molecule has 2 N–H and O–H groups in total. The third kappa shape index (κ3) is 5.49. The third-order valence-electron chi connectivity index (χ3n) is 2.91. The van der Waals surface area contributed by atoms with Crippen LogP contribution in [0.1, 0.15) is 24.0 Å². The standard InChI is InChI=1S/C16H19N3O2/c1-19(2)16(21)14(11-17)10-13-7-3-5-12(9-13)6-4-8-15(18)20/h3,5,7,9-10H,4,6,8H2,1-2H3,(H2,18,20). The summed E-state index contributed by atoms with van der Waals surface area (Å²) < 4.78 is 0. The Balaban J connectivity index is 2.86. The van der Waals surface area contributed by atoms with Gasteiger partial charge >= 0.3 is 0 Å². The molecule has 21 heavy (non-hydrogen) atoms. The highest BCUT2D eigenvalue weighted by molar-refractivity contribution is 6.01. The van der Waals surface area contributed by atoms with Gasteiger partial charge in [0.05, 0.1) is 0 Å². The van der Waals surface area contributed by atoms with Crippen molar-refractivity contribution in [3.05, 3.63) is 41.0 Å². The van der Waals surface area contributed by atoms with Gasteiger partial charge in [-0.05, 0) is 30.0 Å². The van der Waals surface area contributed by atoms with Crippen LogP contribution in [0.25, 0.3) is 6.08 Å². The van der Waals surface area contributed by atoms with Crippen LogP contribution in [0.3, 0.4) is 0 Å². The van der Waals surface area contributed by atoms with Gasteiger partial charge in [-0.1, -0.05) is 24.3 Å². The predicted octanol–water partition coefficient (Wildman–Crippen LogP) is 1.49. The number of nitriles is 1. The topological polar surface area (TPSA) is 87.2 Å². The molecule has 0 aliphatic heterocycles. The third-order valence-corrected chi connectivity index (χ3v) is 2.91. The molecule has 5 nitrogen and oxygen atoms in total. The van der Waals surface area contributed by atoms with Crippen LogP contribution in [0.2, 0.25) is 0 Å². The second kappa shape index (κ2) is 7.85. The van der Waals surface area contributed by atoms with Gasteiger partial charge in [-0.15, -0.1) is 0 Å². The van der Waals surface area contributed by atoms with Gasteiger partial charge in [0.25, 0.3) is 5.91 Å². The van der Waals surface area contributed by atoms with E-state index in [-0.39, 0.29) is 17.4 Å². The Morgan fingerprint density at radius 3 is 2.67 bits per heavy atom. The number of carbonyl (C=O) groups excluding carboxylic acids is 2. The number of nitrogens with two attached hydrogens (primary N) is 1. The number of primary amides is 1. The normalized spacial score (nSPS) is 10.8. The summed E-state index contributed by atoms with van der Waals surface area (Å²) in [7, 11) is 3.21. The fourth-order valence-corrected chi connectivity index (χ4v) is 1.85. The summed E-state index contributed by atoms with van der Waals surface area (Å²) >= 11 is 0. The van der Waals surface area contributed by atoms with Crippen LogP contribution in [0.15, 0.2) is 29.8 Å². The van der Waals surface area contributed by atoms with E-state index >= 15 is 0 Å². The molecule has 0 bridgehead atoms. The van der Waals surface area contributed by atoms with E-state index in [4.69, 9.17) is 11.0 Å². The monoisotopic (exact) mass is 285 g/mol. The Bertz CT molecular complexity index is 598. The molecular formula is C16H19N3O2. The van der Waals surface area contributed by atoms with Crippen LogP contribution >= 0.6 is 0 Å². The number of benzene rings is 1. The molecule has 0 fully saturated rings. The van der Waals surface area contributed by atoms with E-state index in [9.17, 15) is 9.59 Å². The van der Waals surface area contributed by atoms with Crippen LogP contribution in [0.4, 0.5) is 0 Å². The molecule has 5 heteroatoms. The molecule has 1 aromatic carbocycles. The summed E-state index contributed by atoms with van der Waals surface area (Å²) in [6.07, 6.45) is 3.33. The van der Waals surface area contributed by atoms with Gasteiger partial charge in [-0.2, -0.15) is 5.26 Å². The molecule has 1 aromatic rings. The zero-order valence-corrected chi connectivity index (χ0v) is 12.3. The minimum Gasteiger partial charge on any atom is -0.370 e. The molecule has 110 valence electrons. The summed E-state index contributed by atoms with van der Waals surface area (Å²) in [5, 5.41) is 9.06. The first-order valence-electron chi connectivity index (χ1n) is 6.64. The van der Waals surface area contributed by atoms with Crippen LogP contribution < -0.4 is 5.73 Å². The van der Waals surface area contributed by atoms with Crippen molar-refractivity contribution in [3.63, 3.8) is 0 Å². The Morgan fingerprint density at radius 1 is 1.38 bits per heavy atom. The van der Waals surface area contributed by atoms with Gasteiger partial charge in [0.15, 0.2) is 0 Å². The highest BCUT2D eigenvalue weighted by Crippen LogP contribution is 2.13. The van der Waals surface area contributed by atoms with Crippen molar-refractivity contribution < 1.29 is 9.59 Å². The number of rotatable bonds is 6. The summed E-state index contributed by atoms with van der Waals surface area (Å²) in [6.45, 7) is 0. The zero-order chi connectivity index (χ0) is 15.8. The van der Waals surface area contributed by atoms with E-state index in [0.29, 0.717) is 12.8 Å². The highest BCUT2D eigenvalue weighted by Gasteiger charge is 2.10. The van der Waals surface area contributed by atoms with Crippen molar-refractivity contribution in [1.29, 1.82) is 5.26 Å². The fraction of sp³-hybridized carbons (Fsp3) is 0.312. The summed E-state index contributed by atoms with van der Waals surface area (Å²) in [6, 6.07) is 9.46. The molecule has 0 aliphatic rings. The lowest BCUT2D eigenvalue weighted by atomic mass is 10.0. The lowest BCUT2D eigenvalue weighted by Crippen LogP contribution is -2.22. The SMILES string of the molecule is CN(C)C(=O)C(C#N)=Cc1cccc(CCCC(N)=O)c1. The van der Waals surface area contributed by atoms with Crippen LogP contribution in [0.5, 0.6) is 0 Å². The van der Waals surface area contributed by atoms with Crippen molar-refractivity contribution in [2.45, 2.75) is 19.3 Å². The Labute approximate surface area is 124 Å². The first-order valence-corrected chi connectivity index (χ1v) is 6.64. The Hall–Kier alpha value is -2.61. The van der Waals surface area contributed by atoms with Crippen LogP contribution in [-0.4, -0.2) is 30.8 Å². The molecule has 0 radical (unpaired) electrons. The smallest absolute Gasteiger partial charge is 0.264 e. The number of nitrogens with zero attached hydrogens (tertiary/aromatic N) is 2.